The van der Waals surface area contributed by atoms with Gasteiger partial charge in [-0.3, -0.25) is 15.1 Å². The molecule has 1 aliphatic rings. The highest BCUT2D eigenvalue weighted by atomic mass is 35.5. The Morgan fingerprint density at radius 2 is 2.00 bits per heavy atom. The van der Waals surface area contributed by atoms with Gasteiger partial charge in [-0.05, 0) is 12.1 Å². The van der Waals surface area contributed by atoms with Crippen LogP contribution in [0.15, 0.2) is 57.7 Å². The molecule has 0 fully saturated rings. The van der Waals surface area contributed by atoms with Crippen LogP contribution in [0.4, 0.5) is 11.4 Å². The van der Waals surface area contributed by atoms with E-state index in [0.717, 1.165) is 5.01 Å². The number of hydrogen-bond acceptors (Lipinski definition) is 6. The molecule has 0 saturated heterocycles. The minimum Gasteiger partial charge on any atom is -0.276 e. The fraction of sp³-hybridized carbons (Fsp3) is 0.125. The van der Waals surface area contributed by atoms with Crippen LogP contribution in [-0.4, -0.2) is 35.1 Å². The molecular weight excluding hydrogens is 346 g/mol. The summed E-state index contributed by atoms with van der Waals surface area (Å²) in [6.45, 7) is 0.0886. The third-order valence-corrected chi connectivity index (χ3v) is 4.03. The van der Waals surface area contributed by atoms with Crippen molar-refractivity contribution < 1.29 is 4.92 Å². The zero-order valence-corrected chi connectivity index (χ0v) is 13.8. The smallest absolute Gasteiger partial charge is 0.270 e. The van der Waals surface area contributed by atoms with Crippen LogP contribution >= 0.6 is 11.6 Å². The number of amidine groups is 1. The number of halogens is 1. The minimum absolute atomic E-state index is 0.0842. The van der Waals surface area contributed by atoms with E-state index in [1.165, 1.54) is 25.2 Å². The Kier molecular flexibility index (Phi) is 4.53. The summed E-state index contributed by atoms with van der Waals surface area (Å²) in [4.78, 5) is 30.3. The van der Waals surface area contributed by atoms with E-state index in [9.17, 15) is 15.0 Å². The summed E-state index contributed by atoms with van der Waals surface area (Å²) in [5.41, 5.74) is 1.94. The molecule has 0 aromatic heterocycles. The van der Waals surface area contributed by atoms with Crippen molar-refractivity contribution in [3.8, 4) is 0 Å². The Morgan fingerprint density at radius 1 is 1.24 bits per heavy atom. The number of aliphatic imine (C=N–C) groups is 2. The monoisotopic (exact) mass is 357 g/mol. The number of non-ortho nitro benzene ring substituents is 1. The Labute approximate surface area is 147 Å². The van der Waals surface area contributed by atoms with E-state index in [2.05, 4.69) is 15.3 Å². The lowest BCUT2D eigenvalue weighted by Gasteiger charge is -2.09. The van der Waals surface area contributed by atoms with Crippen LogP contribution in [0.25, 0.3) is 0 Å². The summed E-state index contributed by atoms with van der Waals surface area (Å²) in [6, 6.07) is 11.3. The van der Waals surface area contributed by atoms with E-state index in [0.29, 0.717) is 33.4 Å². The minimum atomic E-state index is -0.487. The highest BCUT2D eigenvalue weighted by Crippen LogP contribution is 2.31. The molecule has 0 spiro atoms. The first-order valence-corrected chi connectivity index (χ1v) is 7.62. The van der Waals surface area contributed by atoms with Crippen LogP contribution in [-0.2, 0) is 0 Å². The average molecular weight is 358 g/mol. The van der Waals surface area contributed by atoms with Gasteiger partial charge in [0.1, 0.15) is 5.84 Å². The number of rotatable bonds is 3. The Hall–Kier alpha value is -3.13. The quantitative estimate of drug-likeness (QED) is 0.474. The second-order valence-corrected chi connectivity index (χ2v) is 5.64. The molecular formula is C16H12ClN5O3. The van der Waals surface area contributed by atoms with Gasteiger partial charge in [0.05, 0.1) is 28.2 Å². The van der Waals surface area contributed by atoms with Gasteiger partial charge >= 0.3 is 0 Å². The van der Waals surface area contributed by atoms with E-state index in [4.69, 9.17) is 11.6 Å². The molecule has 0 radical (unpaired) electrons. The zero-order chi connectivity index (χ0) is 18.0. The van der Waals surface area contributed by atoms with Crippen LogP contribution in [0.2, 0.25) is 5.02 Å². The van der Waals surface area contributed by atoms with Crippen molar-refractivity contribution in [3.05, 3.63) is 73.6 Å². The molecule has 1 aliphatic heterocycles. The number of hydrogen-bond donors (Lipinski definition) is 0. The van der Waals surface area contributed by atoms with Crippen LogP contribution in [0.5, 0.6) is 0 Å². The lowest BCUT2D eigenvalue weighted by molar-refractivity contribution is -0.384. The lowest BCUT2D eigenvalue weighted by Crippen LogP contribution is -2.23. The Morgan fingerprint density at radius 3 is 2.68 bits per heavy atom. The van der Waals surface area contributed by atoms with Gasteiger partial charge in [-0.2, -0.15) is 0 Å². The topological polar surface area (TPSA) is 101 Å². The molecule has 126 valence electrons. The first-order chi connectivity index (χ1) is 12.0. The molecule has 25 heavy (non-hydrogen) atoms. The van der Waals surface area contributed by atoms with E-state index in [-0.39, 0.29) is 12.2 Å². The number of nitroso groups, excluding NO2 is 1. The van der Waals surface area contributed by atoms with Crippen molar-refractivity contribution >= 4 is 34.5 Å². The van der Waals surface area contributed by atoms with Crippen molar-refractivity contribution in [2.24, 2.45) is 15.3 Å². The van der Waals surface area contributed by atoms with Gasteiger partial charge in [0, 0.05) is 35.3 Å². The highest BCUT2D eigenvalue weighted by molar-refractivity contribution is 6.36. The molecule has 0 aliphatic carbocycles. The maximum absolute atomic E-state index is 11.1. The van der Waals surface area contributed by atoms with Gasteiger partial charge in [-0.15, -0.1) is 4.91 Å². The number of fused-ring (bicyclic) bond motifs is 1. The first kappa shape index (κ1) is 16.7. The number of nitro benzene ring substituents is 1. The second-order valence-electron chi connectivity index (χ2n) is 5.24. The predicted molar refractivity (Wildman–Crippen MR) is 95.7 cm³/mol. The van der Waals surface area contributed by atoms with Gasteiger partial charge in [0.2, 0.25) is 0 Å². The van der Waals surface area contributed by atoms with Gasteiger partial charge in [-0.1, -0.05) is 29.8 Å². The first-order valence-electron chi connectivity index (χ1n) is 7.24. The zero-order valence-electron chi connectivity index (χ0n) is 13.1. The van der Waals surface area contributed by atoms with Crippen LogP contribution in [0.3, 0.4) is 0 Å². The highest BCUT2D eigenvalue weighted by Gasteiger charge is 2.22. The summed E-state index contributed by atoms with van der Waals surface area (Å²) in [7, 11) is 1.47. The SMILES string of the molecule is CN(N=O)C1=Nc2ccc([N+](=O)[O-])cc2C(c2ccccc2Cl)=NC1. The van der Waals surface area contributed by atoms with Gasteiger partial charge in [0.15, 0.2) is 0 Å². The summed E-state index contributed by atoms with van der Waals surface area (Å²) < 4.78 is 0. The van der Waals surface area contributed by atoms with E-state index >= 15 is 0 Å². The maximum atomic E-state index is 11.1. The third kappa shape index (κ3) is 3.24. The standard InChI is InChI=1S/C16H12ClN5O3/c1-21(20-23)15-9-18-16(11-4-2-3-5-13(11)17)12-8-10(22(24)25)6-7-14(12)19-15/h2-8H,9H2,1H3. The summed E-state index contributed by atoms with van der Waals surface area (Å²) in [5, 5.41) is 15.5. The number of benzene rings is 2. The molecule has 8 nitrogen and oxygen atoms in total. The Balaban J connectivity index is 2.24. The number of nitro groups is 1. The Bertz CT molecular complexity index is 926. The summed E-state index contributed by atoms with van der Waals surface area (Å²) in [5.74, 6) is 0.326. The van der Waals surface area contributed by atoms with E-state index in [1.54, 1.807) is 24.3 Å². The molecule has 0 bridgehead atoms. The van der Waals surface area contributed by atoms with Crippen molar-refractivity contribution in [3.63, 3.8) is 0 Å². The van der Waals surface area contributed by atoms with Crippen molar-refractivity contribution in [2.45, 2.75) is 0 Å². The second kappa shape index (κ2) is 6.78. The van der Waals surface area contributed by atoms with E-state index in [1.807, 2.05) is 0 Å². The van der Waals surface area contributed by atoms with Crippen LogP contribution < -0.4 is 0 Å². The summed E-state index contributed by atoms with van der Waals surface area (Å²) >= 11 is 6.27. The van der Waals surface area contributed by atoms with E-state index < -0.39 is 4.92 Å². The molecule has 0 unspecified atom stereocenters. The van der Waals surface area contributed by atoms with Crippen molar-refractivity contribution in [1.29, 1.82) is 0 Å². The molecule has 0 saturated carbocycles. The molecule has 9 heteroatoms. The molecule has 1 heterocycles. The van der Waals surface area contributed by atoms with Crippen molar-refractivity contribution in [1.82, 2.24) is 5.01 Å². The fourth-order valence-electron chi connectivity index (χ4n) is 2.44. The third-order valence-electron chi connectivity index (χ3n) is 3.70. The van der Waals surface area contributed by atoms with Gasteiger partial charge < -0.3 is 0 Å². The maximum Gasteiger partial charge on any atom is 0.270 e. The number of nitrogens with zero attached hydrogens (tertiary/aromatic N) is 5. The van der Waals surface area contributed by atoms with Crippen LogP contribution in [0, 0.1) is 15.0 Å². The largest absolute Gasteiger partial charge is 0.276 e. The normalized spacial score (nSPS) is 13.2. The fourth-order valence-corrected chi connectivity index (χ4v) is 2.66. The molecule has 2 aromatic rings. The molecule has 0 amide bonds. The van der Waals surface area contributed by atoms with Crippen LogP contribution in [0.1, 0.15) is 11.1 Å². The molecule has 0 N–H and O–H groups in total. The average Bonchev–Trinajstić information content (AvgIpc) is 2.80. The lowest BCUT2D eigenvalue weighted by atomic mass is 10.00. The molecule has 0 atom stereocenters. The summed E-state index contributed by atoms with van der Waals surface area (Å²) in [6.07, 6.45) is 0. The predicted octanol–water partition coefficient (Wildman–Crippen LogP) is 3.74. The van der Waals surface area contributed by atoms with Gasteiger partial charge in [-0.25, -0.2) is 10.0 Å². The van der Waals surface area contributed by atoms with Crippen molar-refractivity contribution in [2.75, 3.05) is 13.6 Å². The molecule has 3 rings (SSSR count). The molecule has 2 aromatic carbocycles. The number of likely N-dealkylation sites (N-methyl/N-ethyl adjacent to an activating group) is 1. The van der Waals surface area contributed by atoms with Gasteiger partial charge in [0.25, 0.3) is 5.69 Å².